The second-order valence-corrected chi connectivity index (χ2v) is 11.3. The minimum absolute atomic E-state index is 0.0374. The van der Waals surface area contributed by atoms with Crippen molar-refractivity contribution in [2.75, 3.05) is 19.0 Å². The minimum Gasteiger partial charge on any atom is -0.490 e. The number of halogens is 1. The number of carbonyl (C=O) groups excluding carboxylic acids is 1. The van der Waals surface area contributed by atoms with Crippen molar-refractivity contribution in [3.63, 3.8) is 0 Å². The number of hydrazone groups is 1. The molecular formula is C23H21ClN4O5S2. The van der Waals surface area contributed by atoms with Crippen LogP contribution in [0.3, 0.4) is 0 Å². The van der Waals surface area contributed by atoms with Gasteiger partial charge in [-0.1, -0.05) is 42.8 Å². The summed E-state index contributed by atoms with van der Waals surface area (Å²) in [6.07, 6.45) is 1.45. The van der Waals surface area contributed by atoms with Crippen molar-refractivity contribution >= 4 is 60.6 Å². The van der Waals surface area contributed by atoms with Crippen LogP contribution < -0.4 is 9.47 Å². The van der Waals surface area contributed by atoms with E-state index in [0.717, 1.165) is 28.1 Å². The van der Waals surface area contributed by atoms with Crippen LogP contribution in [0.2, 0.25) is 5.02 Å². The Kier molecular flexibility index (Phi) is 7.29. The zero-order valence-electron chi connectivity index (χ0n) is 18.8. The molecule has 2 aromatic rings. The van der Waals surface area contributed by atoms with Gasteiger partial charge in [0.05, 0.1) is 16.3 Å². The molecule has 0 saturated heterocycles. The smallest absolute Gasteiger partial charge is 0.283 e. The zero-order chi connectivity index (χ0) is 25.2. The van der Waals surface area contributed by atoms with Gasteiger partial charge in [0.15, 0.2) is 5.84 Å². The van der Waals surface area contributed by atoms with Crippen LogP contribution in [0.25, 0.3) is 6.08 Å². The van der Waals surface area contributed by atoms with Gasteiger partial charge >= 0.3 is 0 Å². The number of nitrogens with zero attached hydrogens (tertiary/aromatic N) is 3. The van der Waals surface area contributed by atoms with E-state index in [-0.39, 0.29) is 33.3 Å². The molecule has 0 bridgehead atoms. The molecule has 12 heteroatoms. The van der Waals surface area contributed by atoms with Gasteiger partial charge < -0.3 is 9.47 Å². The maximum atomic E-state index is 12.5. The van der Waals surface area contributed by atoms with E-state index in [1.807, 2.05) is 31.2 Å². The highest BCUT2D eigenvalue weighted by atomic mass is 35.5. The van der Waals surface area contributed by atoms with Gasteiger partial charge in [0.2, 0.25) is 19.4 Å². The van der Waals surface area contributed by atoms with E-state index in [4.69, 9.17) is 26.5 Å². The number of carbonyl (C=O) groups is 1. The van der Waals surface area contributed by atoms with Crippen LogP contribution >= 0.6 is 23.4 Å². The number of thioether (sulfide) groups is 1. The average molecular weight is 533 g/mol. The van der Waals surface area contributed by atoms with Gasteiger partial charge in [0.25, 0.3) is 5.91 Å². The molecule has 1 amide bonds. The van der Waals surface area contributed by atoms with Gasteiger partial charge in [-0.25, -0.2) is 8.42 Å². The van der Waals surface area contributed by atoms with Crippen molar-refractivity contribution in [2.24, 2.45) is 10.1 Å². The van der Waals surface area contributed by atoms with Gasteiger partial charge in [0.1, 0.15) is 24.7 Å². The molecule has 9 nitrogen and oxygen atoms in total. The zero-order valence-corrected chi connectivity index (χ0v) is 21.2. The van der Waals surface area contributed by atoms with Gasteiger partial charge in [-0.2, -0.15) is 10.0 Å². The molecule has 0 aromatic heterocycles. The molecule has 0 spiro atoms. The highest BCUT2D eigenvalue weighted by Crippen LogP contribution is 2.31. The highest BCUT2D eigenvalue weighted by Gasteiger charge is 2.39. The molecule has 0 unspecified atom stereocenters. The molecule has 0 aliphatic carbocycles. The number of ether oxygens (including phenoxy) is 2. The maximum absolute atomic E-state index is 12.5. The second kappa shape index (κ2) is 10.2. The van der Waals surface area contributed by atoms with Crippen molar-refractivity contribution in [1.82, 2.24) is 5.01 Å². The Labute approximate surface area is 211 Å². The van der Waals surface area contributed by atoms with Crippen LogP contribution in [0.5, 0.6) is 11.5 Å². The summed E-state index contributed by atoms with van der Waals surface area (Å²) in [5.41, 5.74) is 1.54. The summed E-state index contributed by atoms with van der Waals surface area (Å²) in [5, 5.41) is 13.8. The van der Waals surface area contributed by atoms with E-state index in [2.05, 4.69) is 10.1 Å². The predicted molar refractivity (Wildman–Crippen MR) is 138 cm³/mol. The number of para-hydroxylation sites is 1. The lowest BCUT2D eigenvalue weighted by atomic mass is 10.1. The molecule has 2 aliphatic rings. The Bertz CT molecular complexity index is 1400. The lowest BCUT2D eigenvalue weighted by Gasteiger charge is -2.20. The van der Waals surface area contributed by atoms with Crippen molar-refractivity contribution in [3.05, 3.63) is 64.2 Å². The SMILES string of the molecule is CCS(=O)(=O)C1=NN2C(=N)/C(=C\c3ccc(OCCOc4ccccc4C)c(Cl)c3)C(=O)N=C2S1. The Morgan fingerprint density at radius 1 is 1.14 bits per heavy atom. The molecule has 0 atom stereocenters. The first-order chi connectivity index (χ1) is 16.7. The summed E-state index contributed by atoms with van der Waals surface area (Å²) >= 11 is 7.11. The van der Waals surface area contributed by atoms with E-state index in [1.54, 1.807) is 18.2 Å². The summed E-state index contributed by atoms with van der Waals surface area (Å²) < 4.78 is 35.5. The number of sulfone groups is 1. The normalized spacial score (nSPS) is 16.8. The largest absolute Gasteiger partial charge is 0.490 e. The quantitative estimate of drug-likeness (QED) is 0.420. The molecule has 0 fully saturated rings. The van der Waals surface area contributed by atoms with Crippen LogP contribution in [-0.4, -0.2) is 53.7 Å². The van der Waals surface area contributed by atoms with Crippen LogP contribution in [0.1, 0.15) is 18.1 Å². The van der Waals surface area contributed by atoms with Crippen molar-refractivity contribution in [3.8, 4) is 11.5 Å². The Hall–Kier alpha value is -3.15. The topological polar surface area (TPSA) is 121 Å². The van der Waals surface area contributed by atoms with Gasteiger partial charge in [0, 0.05) is 0 Å². The first-order valence-electron chi connectivity index (χ1n) is 10.5. The number of nitrogens with one attached hydrogen (secondary N) is 1. The third kappa shape index (κ3) is 5.42. The third-order valence-electron chi connectivity index (χ3n) is 5.04. The fourth-order valence-corrected chi connectivity index (χ4v) is 5.54. The van der Waals surface area contributed by atoms with E-state index < -0.39 is 15.7 Å². The first-order valence-corrected chi connectivity index (χ1v) is 13.4. The number of hydrogen-bond donors (Lipinski definition) is 1. The van der Waals surface area contributed by atoms with Crippen molar-refractivity contribution in [1.29, 1.82) is 5.41 Å². The van der Waals surface area contributed by atoms with Crippen LogP contribution in [0.4, 0.5) is 0 Å². The molecule has 35 heavy (non-hydrogen) atoms. The summed E-state index contributed by atoms with van der Waals surface area (Å²) in [7, 11) is -3.59. The number of aryl methyl sites for hydroxylation is 1. The standard InChI is InChI=1S/C23H21ClN4O5S2/c1-3-35(30,31)23-27-28-20(25)16(21(29)26-22(28)34-23)12-15-8-9-19(17(24)13-15)33-11-10-32-18-7-5-4-6-14(18)2/h4-9,12-13,25H,3,10-11H2,1-2H3/b16-12+,25-20?. The lowest BCUT2D eigenvalue weighted by Crippen LogP contribution is -2.35. The highest BCUT2D eigenvalue weighted by molar-refractivity contribution is 8.42. The molecule has 2 aromatic carbocycles. The molecule has 1 N–H and O–H groups in total. The Balaban J connectivity index is 1.44. The van der Waals surface area contributed by atoms with Crippen LogP contribution in [-0.2, 0) is 14.6 Å². The molecule has 182 valence electrons. The van der Waals surface area contributed by atoms with Crippen LogP contribution in [0.15, 0.2) is 58.1 Å². The molecule has 0 radical (unpaired) electrons. The number of hydrogen-bond acceptors (Lipinski definition) is 8. The third-order valence-corrected chi connectivity index (χ3v) is 8.43. The minimum atomic E-state index is -3.59. The lowest BCUT2D eigenvalue weighted by molar-refractivity contribution is -0.114. The summed E-state index contributed by atoms with van der Waals surface area (Å²) in [5.74, 6) is 0.161. The van der Waals surface area contributed by atoms with E-state index in [9.17, 15) is 13.2 Å². The first kappa shape index (κ1) is 25.0. The number of amidine groups is 2. The predicted octanol–water partition coefficient (Wildman–Crippen LogP) is 4.12. The van der Waals surface area contributed by atoms with Crippen molar-refractivity contribution < 1.29 is 22.7 Å². The van der Waals surface area contributed by atoms with Gasteiger partial charge in [-0.3, -0.25) is 10.2 Å². The fourth-order valence-electron chi connectivity index (χ4n) is 3.14. The van der Waals surface area contributed by atoms with Crippen molar-refractivity contribution in [2.45, 2.75) is 13.8 Å². The number of benzene rings is 2. The molecule has 2 heterocycles. The van der Waals surface area contributed by atoms with Gasteiger partial charge in [-0.15, -0.1) is 5.10 Å². The van der Waals surface area contributed by atoms with Crippen LogP contribution in [0, 0.1) is 12.3 Å². The maximum Gasteiger partial charge on any atom is 0.283 e. The fraction of sp³-hybridized carbons (Fsp3) is 0.217. The molecule has 2 aliphatic heterocycles. The Morgan fingerprint density at radius 2 is 1.86 bits per heavy atom. The number of fused-ring (bicyclic) bond motifs is 1. The number of aliphatic imine (C=N–C) groups is 1. The van der Waals surface area contributed by atoms with E-state index in [1.165, 1.54) is 13.0 Å². The second-order valence-electron chi connectivity index (χ2n) is 7.44. The Morgan fingerprint density at radius 3 is 2.54 bits per heavy atom. The number of rotatable bonds is 7. The summed E-state index contributed by atoms with van der Waals surface area (Å²) in [6.45, 7) is 4.07. The van der Waals surface area contributed by atoms with E-state index >= 15 is 0 Å². The molecular weight excluding hydrogens is 512 g/mol. The van der Waals surface area contributed by atoms with Gasteiger partial charge in [-0.05, 0) is 54.1 Å². The summed E-state index contributed by atoms with van der Waals surface area (Å²) in [4.78, 5) is 16.4. The molecule has 0 saturated carbocycles. The van der Waals surface area contributed by atoms with E-state index in [0.29, 0.717) is 22.9 Å². The average Bonchev–Trinajstić information content (AvgIpc) is 3.27. The molecule has 4 rings (SSSR count). The number of amides is 1. The summed E-state index contributed by atoms with van der Waals surface area (Å²) in [6, 6.07) is 12.6. The monoisotopic (exact) mass is 532 g/mol.